The predicted octanol–water partition coefficient (Wildman–Crippen LogP) is 11.1. The van der Waals surface area contributed by atoms with E-state index in [-0.39, 0.29) is 52.0 Å². The van der Waals surface area contributed by atoms with Crippen LogP contribution in [-0.2, 0) is 76.7 Å². The average molecular weight is 1200 g/mol. The third-order valence-corrected chi connectivity index (χ3v) is 6.67. The summed E-state index contributed by atoms with van der Waals surface area (Å²) in [5.74, 6) is 5.49. The molecule has 0 bridgehead atoms. The van der Waals surface area contributed by atoms with Crippen LogP contribution in [0.4, 0.5) is 0 Å². The van der Waals surface area contributed by atoms with Gasteiger partial charge in [-0.25, -0.2) is 19.6 Å². The number of halogens is 3. The van der Waals surface area contributed by atoms with E-state index < -0.39 is 0 Å². The fraction of sp³-hybridized carbons (Fsp3) is 0.512. The van der Waals surface area contributed by atoms with Crippen LogP contribution in [0.15, 0.2) is 73.3 Å². The molecule has 0 aliphatic carbocycles. The number of rotatable bonds is 5. The van der Waals surface area contributed by atoms with Gasteiger partial charge < -0.3 is 36.9 Å². The number of alkyl halides is 2. The third-order valence-electron chi connectivity index (χ3n) is 6.17. The van der Waals surface area contributed by atoms with E-state index in [9.17, 15) is 0 Å². The Kier molecular flexibility index (Phi) is 70.2. The summed E-state index contributed by atoms with van der Waals surface area (Å²) in [7, 11) is 5.75. The molecule has 0 spiro atoms. The molecule has 344 valence electrons. The van der Waals surface area contributed by atoms with Gasteiger partial charge in [-0.15, -0.1) is 0 Å². The van der Waals surface area contributed by atoms with Crippen LogP contribution in [-0.4, -0.2) is 72.2 Å². The van der Waals surface area contributed by atoms with E-state index in [2.05, 4.69) is 125 Å². The third kappa shape index (κ3) is 39.4. The topological polar surface area (TPSA) is 112 Å². The van der Waals surface area contributed by atoms with Gasteiger partial charge in [0.15, 0.2) is 18.2 Å². The van der Waals surface area contributed by atoms with Crippen LogP contribution in [0.2, 0.25) is 0 Å². The minimum atomic E-state index is 0. The molecule has 5 aromatic heterocycles. The van der Waals surface area contributed by atoms with Crippen molar-refractivity contribution >= 4 is 61.1 Å². The summed E-state index contributed by atoms with van der Waals surface area (Å²) >= 11 is 7.61. The molecule has 0 atom stereocenters. The molecule has 60 heavy (non-hydrogen) atoms. The molecule has 0 saturated carbocycles. The van der Waals surface area contributed by atoms with Gasteiger partial charge in [-0.2, -0.15) is 33.7 Å². The molecule has 1 aliphatic rings. The summed E-state index contributed by atoms with van der Waals surface area (Å²) in [5.41, 5.74) is 0. The van der Waals surface area contributed by atoms with Gasteiger partial charge in [-0.3, -0.25) is 23.7 Å². The predicted molar refractivity (Wildman–Crippen MR) is 271 cm³/mol. The molecule has 0 unspecified atom stereocenters. The average Bonchev–Trinajstić information content (AvgIpc) is 3.88. The summed E-state index contributed by atoms with van der Waals surface area (Å²) < 4.78 is 9.49. The van der Waals surface area contributed by atoms with Crippen molar-refractivity contribution in [3.8, 4) is 0 Å². The molecule has 5 aromatic rings. The van der Waals surface area contributed by atoms with Gasteiger partial charge in [-0.1, -0.05) is 112 Å². The molecule has 12 nitrogen and oxygen atoms in total. The Balaban J connectivity index is -0.0000000920. The van der Waals surface area contributed by atoms with Crippen molar-refractivity contribution in [3.05, 3.63) is 127 Å². The Labute approximate surface area is 427 Å². The normalized spacial score (nSPS) is 9.65. The SMILES string of the molecule is C.CC.CC.CC.CI.C[CH-]I.Cc1nc(CBr)n(C)n1.Cc1nc(CN2CC=CCC2)n(C)n1.Cc1nc(C[n+]2ccccc2)n(C)n1.[CH2-]C.[CH3-].[V].[V].c1ccncc1. The van der Waals surface area contributed by atoms with Crippen LogP contribution in [0.25, 0.3) is 0 Å². The second-order valence-electron chi connectivity index (χ2n) is 10.0. The fourth-order valence-electron chi connectivity index (χ4n) is 4.11. The number of hydrogen-bond acceptors (Lipinski definition) is 8. The monoisotopic (exact) mass is 1200 g/mol. The quantitative estimate of drug-likeness (QED) is 0.0562. The maximum Gasteiger partial charge on any atom is 0.207 e. The molecule has 0 N–H and O–H groups in total. The molecule has 17 heteroatoms. The number of pyridine rings is 2. The zero-order valence-corrected chi connectivity index (χ0v) is 47.5. The van der Waals surface area contributed by atoms with Crippen molar-refractivity contribution in [3.63, 3.8) is 0 Å². The van der Waals surface area contributed by atoms with Gasteiger partial charge in [-0.05, 0) is 44.3 Å². The Morgan fingerprint density at radius 2 is 1.08 bits per heavy atom. The van der Waals surface area contributed by atoms with E-state index in [4.69, 9.17) is 0 Å². The van der Waals surface area contributed by atoms with E-state index >= 15 is 0 Å². The van der Waals surface area contributed by atoms with Gasteiger partial charge in [0.2, 0.25) is 6.54 Å². The summed E-state index contributed by atoms with van der Waals surface area (Å²) in [6.45, 7) is 28.5. The van der Waals surface area contributed by atoms with Crippen molar-refractivity contribution in [2.24, 2.45) is 21.1 Å². The van der Waals surface area contributed by atoms with Crippen LogP contribution >= 0.6 is 61.1 Å². The van der Waals surface area contributed by atoms with E-state index in [0.717, 1.165) is 72.9 Å². The van der Waals surface area contributed by atoms with Gasteiger partial charge >= 0.3 is 0 Å². The summed E-state index contributed by atoms with van der Waals surface area (Å²) in [6.07, 6.45) is 13.1. The minimum absolute atomic E-state index is 0. The van der Waals surface area contributed by atoms with Crippen LogP contribution in [0.1, 0.15) is 104 Å². The Morgan fingerprint density at radius 1 is 0.700 bits per heavy atom. The Morgan fingerprint density at radius 3 is 1.37 bits per heavy atom. The van der Waals surface area contributed by atoms with Crippen molar-refractivity contribution in [2.75, 3.05) is 18.0 Å². The number of nitrogens with zero attached hydrogens (tertiary/aromatic N) is 12. The molecule has 0 fully saturated rings. The maximum atomic E-state index is 4.39. The first kappa shape index (κ1) is 75.9. The Hall–Kier alpha value is -1.47. The first-order valence-electron chi connectivity index (χ1n) is 18.9. The second-order valence-corrected chi connectivity index (χ2v) is 11.8. The van der Waals surface area contributed by atoms with Crippen LogP contribution in [0.5, 0.6) is 0 Å². The van der Waals surface area contributed by atoms with Gasteiger partial charge in [0, 0.05) is 95.9 Å². The molecular formula is C43H79BrI2N12V2-2. The number of aryl methyl sites for hydroxylation is 6. The van der Waals surface area contributed by atoms with Crippen molar-refractivity contribution in [2.45, 2.75) is 108 Å². The fourth-order valence-corrected chi connectivity index (χ4v) is 4.60. The Bertz CT molecular complexity index is 1530. The standard InChI is InChI=1S/C10H16N4.C10H13N4.C5H8BrN3.C5H5N.C2H4I.3C2H6.C2H5.CH3I.CH4.CH3.2V/c2*1-9-11-10(13(2)12-9)8-14-6-4-3-5-7-14;1-4-7-5(3-6)9(2)8-4;1-2-4-6-5-3-1;1-2-3;5*1-2;;;;/h3-4H,5-8H2,1-2H3;3-7H,8H2,1-2H3;3H2,1-2H3;1-5H;2H,1H3;3*1-2H3;1H2,2H3;1H3;1H4;1H3;;/q;+1;;;-1;;;;-1;;;-1;;. The van der Waals surface area contributed by atoms with Crippen LogP contribution < -0.4 is 4.57 Å². The van der Waals surface area contributed by atoms with Crippen LogP contribution in [0.3, 0.4) is 0 Å². The van der Waals surface area contributed by atoms with E-state index in [1.54, 1.807) is 24.0 Å². The van der Waals surface area contributed by atoms with E-state index in [1.807, 2.05) is 158 Å². The molecule has 6 heterocycles. The zero-order chi connectivity index (χ0) is 43.7. The van der Waals surface area contributed by atoms with Crippen LogP contribution in [0, 0.1) is 39.5 Å². The first-order chi connectivity index (χ1) is 27.2. The molecule has 0 saturated heterocycles. The summed E-state index contributed by atoms with van der Waals surface area (Å²) in [4.78, 5) is 21.0. The van der Waals surface area contributed by atoms with Crippen molar-refractivity contribution in [1.82, 2.24) is 54.2 Å². The smallest absolute Gasteiger partial charge is 0.207 e. The van der Waals surface area contributed by atoms with E-state index in [1.165, 1.54) is 0 Å². The largest absolute Gasteiger partial charge is 0.358 e. The number of aromatic nitrogens is 11. The molecule has 1 aliphatic heterocycles. The molecule has 0 amide bonds. The van der Waals surface area contributed by atoms with E-state index in [0.29, 0.717) is 0 Å². The second kappa shape index (κ2) is 55.5. The maximum absolute atomic E-state index is 4.39. The first-order valence-corrected chi connectivity index (χ1v) is 23.5. The minimum Gasteiger partial charge on any atom is -0.358 e. The number of hydrogen-bond donors (Lipinski definition) is 0. The van der Waals surface area contributed by atoms with Gasteiger partial charge in [0.1, 0.15) is 29.1 Å². The molecule has 6 rings (SSSR count). The van der Waals surface area contributed by atoms with Gasteiger partial charge in [0.25, 0.3) is 0 Å². The van der Waals surface area contributed by atoms with Crippen molar-refractivity contribution in [1.29, 1.82) is 0 Å². The van der Waals surface area contributed by atoms with Gasteiger partial charge in [0.05, 0.1) is 11.9 Å². The summed E-state index contributed by atoms with van der Waals surface area (Å²) in [6, 6.07) is 11.7. The molecule has 2 radical (unpaired) electrons. The molecular weight excluding hydrogens is 1120 g/mol. The van der Waals surface area contributed by atoms with Crippen molar-refractivity contribution < 1.29 is 41.7 Å². The molecule has 0 aromatic carbocycles. The zero-order valence-electron chi connectivity index (χ0n) is 38.9. The summed E-state index contributed by atoms with van der Waals surface area (Å²) in [5, 5.41) is 13.3.